The highest BCUT2D eigenvalue weighted by Crippen LogP contribution is 2.15. The second-order valence-corrected chi connectivity index (χ2v) is 3.12. The second-order valence-electron chi connectivity index (χ2n) is 2.68. The molecule has 1 aromatic rings. The summed E-state index contributed by atoms with van der Waals surface area (Å²) in [5.74, 6) is -0.967. The number of hydrogen-bond donors (Lipinski definition) is 0. The van der Waals surface area contributed by atoms with E-state index < -0.39 is 11.6 Å². The Hall–Kier alpha value is -0.930. The van der Waals surface area contributed by atoms with Crippen LogP contribution in [-0.2, 0) is 4.74 Å². The van der Waals surface area contributed by atoms with Gasteiger partial charge in [-0.1, -0.05) is 11.6 Å². The molecule has 0 N–H and O–H groups in total. The maximum absolute atomic E-state index is 13.1. The van der Waals surface area contributed by atoms with Gasteiger partial charge >= 0.3 is 0 Å². The predicted molar refractivity (Wildman–Crippen MR) is 52.2 cm³/mol. The summed E-state index contributed by atoms with van der Waals surface area (Å²) in [5.41, 5.74) is -0.0223. The number of carbonyl (C=O) groups is 1. The average Bonchev–Trinajstić information content (AvgIpc) is 2.18. The van der Waals surface area contributed by atoms with Crippen LogP contribution in [0.4, 0.5) is 4.39 Å². The highest BCUT2D eigenvalue weighted by molar-refractivity contribution is 6.31. The molecule has 0 heterocycles. The molecule has 2 nitrogen and oxygen atoms in total. The van der Waals surface area contributed by atoms with Crippen molar-refractivity contribution in [2.75, 3.05) is 13.2 Å². The van der Waals surface area contributed by atoms with Crippen LogP contribution in [0.1, 0.15) is 17.3 Å². The molecule has 0 amide bonds. The molecule has 0 radical (unpaired) electrons. The lowest BCUT2D eigenvalue weighted by Gasteiger charge is -2.02. The van der Waals surface area contributed by atoms with E-state index in [4.69, 9.17) is 16.3 Å². The zero-order valence-electron chi connectivity index (χ0n) is 7.72. The van der Waals surface area contributed by atoms with Crippen LogP contribution in [0.25, 0.3) is 0 Å². The van der Waals surface area contributed by atoms with Crippen LogP contribution in [0.2, 0.25) is 5.02 Å². The maximum Gasteiger partial charge on any atom is 0.191 e. The van der Waals surface area contributed by atoms with Gasteiger partial charge in [-0.05, 0) is 25.1 Å². The Morgan fingerprint density at radius 3 is 2.93 bits per heavy atom. The molecular formula is C10H10ClFO2. The Balaban J connectivity index is 2.83. The van der Waals surface area contributed by atoms with E-state index in [1.54, 1.807) is 6.92 Å². The van der Waals surface area contributed by atoms with Gasteiger partial charge in [-0.2, -0.15) is 0 Å². The molecule has 0 aromatic heterocycles. The Morgan fingerprint density at radius 2 is 2.29 bits per heavy atom. The van der Waals surface area contributed by atoms with Crippen molar-refractivity contribution in [1.82, 2.24) is 0 Å². The lowest BCUT2D eigenvalue weighted by molar-refractivity contribution is 0.0779. The molecule has 0 atom stereocenters. The smallest absolute Gasteiger partial charge is 0.191 e. The Bertz CT molecular complexity index is 339. The van der Waals surface area contributed by atoms with E-state index in [1.165, 1.54) is 18.2 Å². The summed E-state index contributed by atoms with van der Waals surface area (Å²) in [6, 6.07) is 3.87. The number of halogens is 2. The van der Waals surface area contributed by atoms with Gasteiger partial charge in [0, 0.05) is 11.6 Å². The Labute approximate surface area is 86.6 Å². The minimum absolute atomic E-state index is 0.0223. The molecule has 0 saturated heterocycles. The first kappa shape index (κ1) is 11.1. The number of hydrogen-bond acceptors (Lipinski definition) is 2. The molecule has 0 aliphatic heterocycles. The fourth-order valence-electron chi connectivity index (χ4n) is 0.984. The molecule has 0 fully saturated rings. The first-order valence-corrected chi connectivity index (χ1v) is 4.59. The third kappa shape index (κ3) is 2.79. The van der Waals surface area contributed by atoms with Crippen LogP contribution >= 0.6 is 11.6 Å². The van der Waals surface area contributed by atoms with Crippen molar-refractivity contribution >= 4 is 17.4 Å². The maximum atomic E-state index is 13.1. The van der Waals surface area contributed by atoms with E-state index in [2.05, 4.69) is 0 Å². The standard InChI is InChI=1S/C10H10ClFO2/c1-2-14-6-10(13)8-5-7(11)3-4-9(8)12/h3-5H,2,6H2,1H3. The first-order valence-electron chi connectivity index (χ1n) is 4.21. The van der Waals surface area contributed by atoms with Crippen LogP contribution in [0.3, 0.4) is 0 Å². The first-order chi connectivity index (χ1) is 6.65. The number of benzene rings is 1. The zero-order chi connectivity index (χ0) is 10.6. The molecule has 0 aliphatic carbocycles. The molecule has 0 saturated carbocycles. The van der Waals surface area contributed by atoms with Crippen molar-refractivity contribution in [3.05, 3.63) is 34.6 Å². The molecule has 0 spiro atoms. The molecule has 0 aliphatic rings. The van der Waals surface area contributed by atoms with Crippen molar-refractivity contribution in [1.29, 1.82) is 0 Å². The van der Waals surface area contributed by atoms with E-state index in [1.807, 2.05) is 0 Å². The topological polar surface area (TPSA) is 26.3 Å². The van der Waals surface area contributed by atoms with Gasteiger partial charge in [0.15, 0.2) is 5.78 Å². The molecule has 4 heteroatoms. The summed E-state index contributed by atoms with van der Waals surface area (Å²) < 4.78 is 18.0. The van der Waals surface area contributed by atoms with E-state index in [-0.39, 0.29) is 12.2 Å². The highest BCUT2D eigenvalue weighted by Gasteiger charge is 2.11. The van der Waals surface area contributed by atoms with E-state index >= 15 is 0 Å². The SMILES string of the molecule is CCOCC(=O)c1cc(Cl)ccc1F. The number of carbonyl (C=O) groups excluding carboxylic acids is 1. The van der Waals surface area contributed by atoms with Crippen LogP contribution in [0, 0.1) is 5.82 Å². The normalized spacial score (nSPS) is 10.2. The number of rotatable bonds is 4. The minimum Gasteiger partial charge on any atom is -0.374 e. The molecule has 0 unspecified atom stereocenters. The molecule has 0 bridgehead atoms. The van der Waals surface area contributed by atoms with Crippen molar-refractivity contribution in [2.24, 2.45) is 0 Å². The van der Waals surface area contributed by atoms with Crippen LogP contribution in [-0.4, -0.2) is 19.0 Å². The average molecular weight is 217 g/mol. The second kappa shape index (κ2) is 5.08. The van der Waals surface area contributed by atoms with Gasteiger partial charge in [-0.25, -0.2) is 4.39 Å². The summed E-state index contributed by atoms with van der Waals surface area (Å²) in [5, 5.41) is 0.339. The highest BCUT2D eigenvalue weighted by atomic mass is 35.5. The van der Waals surface area contributed by atoms with Gasteiger partial charge in [0.25, 0.3) is 0 Å². The third-order valence-corrected chi connectivity index (χ3v) is 1.90. The fraction of sp³-hybridized carbons (Fsp3) is 0.300. The molecule has 1 rings (SSSR count). The lowest BCUT2D eigenvalue weighted by atomic mass is 10.1. The van der Waals surface area contributed by atoms with E-state index in [0.29, 0.717) is 11.6 Å². The van der Waals surface area contributed by atoms with Gasteiger partial charge in [-0.15, -0.1) is 0 Å². The van der Waals surface area contributed by atoms with Gasteiger partial charge < -0.3 is 4.74 Å². The molecule has 1 aromatic carbocycles. The zero-order valence-corrected chi connectivity index (χ0v) is 8.47. The summed E-state index contributed by atoms with van der Waals surface area (Å²) in [4.78, 5) is 11.4. The predicted octanol–water partition coefficient (Wildman–Crippen LogP) is 2.70. The van der Waals surface area contributed by atoms with Crippen LogP contribution in [0.5, 0.6) is 0 Å². The van der Waals surface area contributed by atoms with Crippen molar-refractivity contribution in [2.45, 2.75) is 6.92 Å². The Morgan fingerprint density at radius 1 is 1.57 bits per heavy atom. The Kier molecular flexibility index (Phi) is 4.04. The lowest BCUT2D eigenvalue weighted by Crippen LogP contribution is -2.10. The van der Waals surface area contributed by atoms with Crippen molar-refractivity contribution in [3.63, 3.8) is 0 Å². The summed E-state index contributed by atoms with van der Waals surface area (Å²) in [6.45, 7) is 2.07. The molecular weight excluding hydrogens is 207 g/mol. The van der Waals surface area contributed by atoms with E-state index in [9.17, 15) is 9.18 Å². The fourth-order valence-corrected chi connectivity index (χ4v) is 1.16. The van der Waals surface area contributed by atoms with Gasteiger partial charge in [0.2, 0.25) is 0 Å². The van der Waals surface area contributed by atoms with Crippen LogP contribution < -0.4 is 0 Å². The van der Waals surface area contributed by atoms with Gasteiger partial charge in [0.05, 0.1) is 5.56 Å². The number of ketones is 1. The van der Waals surface area contributed by atoms with E-state index in [0.717, 1.165) is 0 Å². The number of ether oxygens (including phenoxy) is 1. The van der Waals surface area contributed by atoms with Crippen molar-refractivity contribution < 1.29 is 13.9 Å². The quantitative estimate of drug-likeness (QED) is 0.724. The number of Topliss-reactive ketones (excluding diaryl/α,β-unsaturated/α-hetero) is 1. The van der Waals surface area contributed by atoms with Crippen LogP contribution in [0.15, 0.2) is 18.2 Å². The summed E-state index contributed by atoms with van der Waals surface area (Å²) in [7, 11) is 0. The summed E-state index contributed by atoms with van der Waals surface area (Å²) >= 11 is 5.64. The molecule has 14 heavy (non-hydrogen) atoms. The monoisotopic (exact) mass is 216 g/mol. The minimum atomic E-state index is -0.570. The van der Waals surface area contributed by atoms with Gasteiger partial charge in [-0.3, -0.25) is 4.79 Å². The van der Waals surface area contributed by atoms with Gasteiger partial charge in [0.1, 0.15) is 12.4 Å². The van der Waals surface area contributed by atoms with Crippen molar-refractivity contribution in [3.8, 4) is 0 Å². The third-order valence-electron chi connectivity index (χ3n) is 1.67. The summed E-state index contributed by atoms with van der Waals surface area (Å²) in [6.07, 6.45) is 0. The molecule has 76 valence electrons. The largest absolute Gasteiger partial charge is 0.374 e.